The number of rotatable bonds is 9. The Morgan fingerprint density at radius 2 is 1.76 bits per heavy atom. The van der Waals surface area contributed by atoms with Gasteiger partial charge in [0.05, 0.1) is 13.2 Å². The van der Waals surface area contributed by atoms with Gasteiger partial charge in [-0.15, -0.1) is 0 Å². The van der Waals surface area contributed by atoms with E-state index >= 15 is 0 Å². The van der Waals surface area contributed by atoms with E-state index in [9.17, 15) is 4.79 Å². The third-order valence-corrected chi connectivity index (χ3v) is 3.19. The second kappa shape index (κ2) is 8.61. The van der Waals surface area contributed by atoms with Crippen molar-refractivity contribution in [2.75, 3.05) is 39.5 Å². The summed E-state index contributed by atoms with van der Waals surface area (Å²) in [5, 5.41) is 0. The molecule has 4 heteroatoms. The largest absolute Gasteiger partial charge is 0.380 e. The summed E-state index contributed by atoms with van der Waals surface area (Å²) in [5.74, 6) is 0.396. The highest BCUT2D eigenvalue weighted by Crippen LogP contribution is 2.20. The zero-order valence-corrected chi connectivity index (χ0v) is 11.1. The molecule has 0 aromatic rings. The molecule has 0 saturated heterocycles. The van der Waals surface area contributed by atoms with Gasteiger partial charge >= 0.3 is 0 Å². The number of ether oxygens (including phenoxy) is 2. The van der Waals surface area contributed by atoms with Crippen molar-refractivity contribution in [1.29, 1.82) is 0 Å². The summed E-state index contributed by atoms with van der Waals surface area (Å²) in [7, 11) is 0. The number of hydrogen-bond acceptors (Lipinski definition) is 4. The van der Waals surface area contributed by atoms with E-state index in [0.29, 0.717) is 18.2 Å². The van der Waals surface area contributed by atoms with Crippen molar-refractivity contribution < 1.29 is 14.3 Å². The minimum atomic E-state index is 0.396. The van der Waals surface area contributed by atoms with Crippen LogP contribution in [-0.2, 0) is 14.3 Å². The molecule has 1 unspecified atom stereocenters. The third kappa shape index (κ3) is 5.61. The van der Waals surface area contributed by atoms with Crippen molar-refractivity contribution in [3.63, 3.8) is 0 Å². The number of carbonyl (C=O) groups is 1. The van der Waals surface area contributed by atoms with Crippen LogP contribution in [0.15, 0.2) is 0 Å². The highest BCUT2D eigenvalue weighted by atomic mass is 16.5. The molecular formula is C13H25NO3. The fourth-order valence-electron chi connectivity index (χ4n) is 2.24. The Morgan fingerprint density at radius 1 is 1.18 bits per heavy atom. The van der Waals surface area contributed by atoms with Gasteiger partial charge in [0.2, 0.25) is 0 Å². The van der Waals surface area contributed by atoms with Gasteiger partial charge in [-0.3, -0.25) is 9.69 Å². The molecule has 17 heavy (non-hydrogen) atoms. The SMILES string of the molecule is CCOCCN(CCOCC)C1CCC(=O)C1. The topological polar surface area (TPSA) is 38.8 Å². The monoisotopic (exact) mass is 243 g/mol. The molecule has 0 heterocycles. The van der Waals surface area contributed by atoms with E-state index in [1.54, 1.807) is 0 Å². The maximum Gasteiger partial charge on any atom is 0.134 e. The van der Waals surface area contributed by atoms with Crippen LogP contribution < -0.4 is 0 Å². The number of ketones is 1. The average Bonchev–Trinajstić information content (AvgIpc) is 2.74. The molecule has 0 aliphatic heterocycles. The van der Waals surface area contributed by atoms with Crippen LogP contribution >= 0.6 is 0 Å². The van der Waals surface area contributed by atoms with Crippen molar-refractivity contribution >= 4 is 5.78 Å². The van der Waals surface area contributed by atoms with Crippen LogP contribution in [0.1, 0.15) is 33.1 Å². The Morgan fingerprint density at radius 3 is 2.18 bits per heavy atom. The second-order valence-electron chi connectivity index (χ2n) is 4.37. The lowest BCUT2D eigenvalue weighted by atomic mass is 10.2. The van der Waals surface area contributed by atoms with E-state index in [4.69, 9.17) is 9.47 Å². The Balaban J connectivity index is 2.32. The van der Waals surface area contributed by atoms with Crippen molar-refractivity contribution in [3.05, 3.63) is 0 Å². The van der Waals surface area contributed by atoms with Gasteiger partial charge in [-0.25, -0.2) is 0 Å². The number of hydrogen-bond donors (Lipinski definition) is 0. The molecule has 1 saturated carbocycles. The van der Waals surface area contributed by atoms with Crippen LogP contribution in [0.2, 0.25) is 0 Å². The molecule has 0 aromatic carbocycles. The van der Waals surface area contributed by atoms with Gasteiger partial charge in [0.25, 0.3) is 0 Å². The molecule has 1 aliphatic rings. The lowest BCUT2D eigenvalue weighted by Crippen LogP contribution is -2.38. The van der Waals surface area contributed by atoms with Crippen molar-refractivity contribution in [2.24, 2.45) is 0 Å². The summed E-state index contributed by atoms with van der Waals surface area (Å²) < 4.78 is 10.8. The standard InChI is InChI=1S/C13H25NO3/c1-3-16-9-7-14(8-10-17-4-2)12-5-6-13(15)11-12/h12H,3-11H2,1-2H3. The highest BCUT2D eigenvalue weighted by molar-refractivity contribution is 5.81. The molecule has 100 valence electrons. The van der Waals surface area contributed by atoms with Crippen LogP contribution in [0.3, 0.4) is 0 Å². The van der Waals surface area contributed by atoms with E-state index in [-0.39, 0.29) is 0 Å². The van der Waals surface area contributed by atoms with Crippen molar-refractivity contribution in [1.82, 2.24) is 4.90 Å². The van der Waals surface area contributed by atoms with Gasteiger partial charge in [-0.2, -0.15) is 0 Å². The first-order valence-electron chi connectivity index (χ1n) is 6.69. The first kappa shape index (κ1) is 14.6. The van der Waals surface area contributed by atoms with Gasteiger partial charge in [-0.1, -0.05) is 0 Å². The minimum absolute atomic E-state index is 0.396. The summed E-state index contributed by atoms with van der Waals surface area (Å²) in [4.78, 5) is 13.7. The maximum absolute atomic E-state index is 11.3. The average molecular weight is 243 g/mol. The zero-order chi connectivity index (χ0) is 12.5. The fraction of sp³-hybridized carbons (Fsp3) is 0.923. The quantitative estimate of drug-likeness (QED) is 0.575. The normalized spacial score (nSPS) is 20.4. The summed E-state index contributed by atoms with van der Waals surface area (Å²) >= 11 is 0. The van der Waals surface area contributed by atoms with Crippen LogP contribution in [0, 0.1) is 0 Å². The predicted molar refractivity (Wildman–Crippen MR) is 67.2 cm³/mol. The van der Waals surface area contributed by atoms with Crippen molar-refractivity contribution in [2.45, 2.75) is 39.2 Å². The van der Waals surface area contributed by atoms with Crippen LogP contribution in [0.25, 0.3) is 0 Å². The first-order chi connectivity index (χ1) is 8.27. The van der Waals surface area contributed by atoms with Crippen LogP contribution in [0.5, 0.6) is 0 Å². The zero-order valence-electron chi connectivity index (χ0n) is 11.1. The maximum atomic E-state index is 11.3. The minimum Gasteiger partial charge on any atom is -0.380 e. The Kier molecular flexibility index (Phi) is 7.40. The number of carbonyl (C=O) groups excluding carboxylic acids is 1. The highest BCUT2D eigenvalue weighted by Gasteiger charge is 2.27. The molecule has 0 bridgehead atoms. The van der Waals surface area contributed by atoms with E-state index in [1.165, 1.54) is 0 Å². The van der Waals surface area contributed by atoms with Gasteiger partial charge in [0, 0.05) is 45.2 Å². The molecule has 0 N–H and O–H groups in total. The molecule has 0 aromatic heterocycles. The predicted octanol–water partition coefficient (Wildman–Crippen LogP) is 1.48. The summed E-state index contributed by atoms with van der Waals surface area (Å²) in [6.45, 7) is 8.80. The number of nitrogens with zero attached hydrogens (tertiary/aromatic N) is 1. The molecule has 1 rings (SSSR count). The van der Waals surface area contributed by atoms with E-state index in [1.807, 2.05) is 13.8 Å². The Labute approximate surface area is 104 Å². The van der Waals surface area contributed by atoms with Crippen molar-refractivity contribution in [3.8, 4) is 0 Å². The van der Waals surface area contributed by atoms with Crippen LogP contribution in [-0.4, -0.2) is 56.2 Å². The lowest BCUT2D eigenvalue weighted by Gasteiger charge is -2.27. The van der Waals surface area contributed by atoms with E-state index in [0.717, 1.165) is 52.4 Å². The lowest BCUT2D eigenvalue weighted by molar-refractivity contribution is -0.117. The summed E-state index contributed by atoms with van der Waals surface area (Å²) in [5.41, 5.74) is 0. The van der Waals surface area contributed by atoms with E-state index in [2.05, 4.69) is 4.90 Å². The molecule has 4 nitrogen and oxygen atoms in total. The van der Waals surface area contributed by atoms with Gasteiger partial charge in [0.1, 0.15) is 5.78 Å². The van der Waals surface area contributed by atoms with Crippen LogP contribution in [0.4, 0.5) is 0 Å². The first-order valence-corrected chi connectivity index (χ1v) is 6.69. The Bertz CT molecular complexity index is 211. The molecule has 1 atom stereocenters. The molecule has 0 radical (unpaired) electrons. The molecule has 1 fully saturated rings. The van der Waals surface area contributed by atoms with Gasteiger partial charge < -0.3 is 9.47 Å². The summed E-state index contributed by atoms with van der Waals surface area (Å²) in [6.07, 6.45) is 2.44. The molecule has 0 spiro atoms. The Hall–Kier alpha value is -0.450. The fourth-order valence-corrected chi connectivity index (χ4v) is 2.24. The van der Waals surface area contributed by atoms with Gasteiger partial charge in [-0.05, 0) is 20.3 Å². The molecule has 1 aliphatic carbocycles. The third-order valence-electron chi connectivity index (χ3n) is 3.19. The van der Waals surface area contributed by atoms with Gasteiger partial charge in [0.15, 0.2) is 0 Å². The molecule has 0 amide bonds. The molecular weight excluding hydrogens is 218 g/mol. The summed E-state index contributed by atoms with van der Waals surface area (Å²) in [6, 6.07) is 0.406. The van der Waals surface area contributed by atoms with E-state index < -0.39 is 0 Å². The second-order valence-corrected chi connectivity index (χ2v) is 4.37. The smallest absolute Gasteiger partial charge is 0.134 e. The number of Topliss-reactive ketones (excluding diaryl/α,β-unsaturated/α-hetero) is 1.